The Morgan fingerprint density at radius 2 is 1.90 bits per heavy atom. The monoisotopic (exact) mass is 406 g/mol. The summed E-state index contributed by atoms with van der Waals surface area (Å²) in [7, 11) is 1.66. The van der Waals surface area contributed by atoms with Gasteiger partial charge in [0, 0.05) is 18.7 Å². The summed E-state index contributed by atoms with van der Waals surface area (Å²) >= 11 is 0. The summed E-state index contributed by atoms with van der Waals surface area (Å²) < 4.78 is 13.2. The average molecular weight is 406 g/mol. The lowest BCUT2D eigenvalue weighted by atomic mass is 10.1. The van der Waals surface area contributed by atoms with Gasteiger partial charge in [-0.1, -0.05) is 24.3 Å². The minimum atomic E-state index is 0.0251. The highest BCUT2D eigenvalue weighted by Gasteiger charge is 2.12. The molecule has 1 atom stereocenters. The highest BCUT2D eigenvalue weighted by molar-refractivity contribution is 5.85. The van der Waals surface area contributed by atoms with Crippen LogP contribution in [0, 0.1) is 0 Å². The van der Waals surface area contributed by atoms with Gasteiger partial charge in [-0.15, -0.1) is 0 Å². The summed E-state index contributed by atoms with van der Waals surface area (Å²) in [5.41, 5.74) is 14.3. The molecule has 0 saturated carbocycles. The zero-order valence-electron chi connectivity index (χ0n) is 17.0. The van der Waals surface area contributed by atoms with E-state index < -0.39 is 0 Å². The molecule has 0 radical (unpaired) electrons. The van der Waals surface area contributed by atoms with Crippen LogP contribution in [0.2, 0.25) is 0 Å². The fraction of sp³-hybridized carbons (Fsp3) is 0.318. The van der Waals surface area contributed by atoms with Gasteiger partial charge in [-0.05, 0) is 35.7 Å². The van der Waals surface area contributed by atoms with E-state index in [-0.39, 0.29) is 6.04 Å². The van der Waals surface area contributed by atoms with Crippen LogP contribution in [0.15, 0.2) is 49.1 Å². The van der Waals surface area contributed by atoms with Crippen LogP contribution in [0.3, 0.4) is 0 Å². The van der Waals surface area contributed by atoms with Gasteiger partial charge in [0.05, 0.1) is 26.1 Å². The second-order valence-corrected chi connectivity index (χ2v) is 7.32. The van der Waals surface area contributed by atoms with Crippen LogP contribution in [0.1, 0.15) is 18.4 Å². The first-order chi connectivity index (χ1) is 14.7. The van der Waals surface area contributed by atoms with Gasteiger partial charge in [0.15, 0.2) is 11.5 Å². The molecule has 2 heterocycles. The van der Waals surface area contributed by atoms with Crippen molar-refractivity contribution in [2.75, 3.05) is 26.1 Å². The highest BCUT2D eigenvalue weighted by Crippen LogP contribution is 2.28. The molecule has 4 aromatic rings. The largest absolute Gasteiger partial charge is 0.493 e. The molecule has 8 nitrogen and oxygen atoms in total. The number of rotatable bonds is 9. The molecular formula is C22H26N6O2. The molecule has 0 saturated heterocycles. The van der Waals surface area contributed by atoms with Crippen LogP contribution in [0.25, 0.3) is 21.9 Å². The third-order valence-electron chi connectivity index (χ3n) is 5.06. The lowest BCUT2D eigenvalue weighted by molar-refractivity contribution is 0.172. The molecule has 156 valence electrons. The number of methoxy groups -OCH3 is 1. The SMILES string of the molecule is COCC(N)CCCOc1cc2ccccc2cc1Cn1cnc2c(N)ncnc21. The van der Waals surface area contributed by atoms with E-state index in [0.29, 0.717) is 36.7 Å². The molecule has 0 fully saturated rings. The quantitative estimate of drug-likeness (QED) is 0.411. The van der Waals surface area contributed by atoms with E-state index in [1.807, 2.05) is 16.7 Å². The second kappa shape index (κ2) is 9.06. The molecule has 0 bridgehead atoms. The van der Waals surface area contributed by atoms with Gasteiger partial charge in [0.1, 0.15) is 17.6 Å². The first-order valence-corrected chi connectivity index (χ1v) is 9.96. The number of ether oxygens (including phenoxy) is 2. The van der Waals surface area contributed by atoms with E-state index in [4.69, 9.17) is 20.9 Å². The normalized spacial score (nSPS) is 12.5. The topological polar surface area (TPSA) is 114 Å². The molecule has 30 heavy (non-hydrogen) atoms. The lowest BCUT2D eigenvalue weighted by Gasteiger charge is -2.15. The minimum Gasteiger partial charge on any atom is -0.493 e. The zero-order chi connectivity index (χ0) is 20.9. The van der Waals surface area contributed by atoms with Gasteiger partial charge in [-0.25, -0.2) is 15.0 Å². The van der Waals surface area contributed by atoms with Crippen molar-refractivity contribution in [3.8, 4) is 5.75 Å². The van der Waals surface area contributed by atoms with E-state index in [2.05, 4.69) is 39.2 Å². The van der Waals surface area contributed by atoms with E-state index in [9.17, 15) is 0 Å². The number of fused-ring (bicyclic) bond motifs is 2. The summed E-state index contributed by atoms with van der Waals surface area (Å²) in [6.45, 7) is 1.71. The van der Waals surface area contributed by atoms with Crippen molar-refractivity contribution in [2.45, 2.75) is 25.4 Å². The van der Waals surface area contributed by atoms with Crippen molar-refractivity contribution in [1.82, 2.24) is 19.5 Å². The summed E-state index contributed by atoms with van der Waals surface area (Å²) in [4.78, 5) is 12.7. The van der Waals surface area contributed by atoms with Crippen LogP contribution in [-0.4, -0.2) is 45.9 Å². The van der Waals surface area contributed by atoms with Crippen molar-refractivity contribution < 1.29 is 9.47 Å². The first-order valence-electron chi connectivity index (χ1n) is 9.96. The molecule has 4 rings (SSSR count). The van der Waals surface area contributed by atoms with Gasteiger partial charge in [-0.3, -0.25) is 0 Å². The van der Waals surface area contributed by atoms with Crippen molar-refractivity contribution in [2.24, 2.45) is 5.73 Å². The second-order valence-electron chi connectivity index (χ2n) is 7.32. The van der Waals surface area contributed by atoms with E-state index >= 15 is 0 Å². The third kappa shape index (κ3) is 4.34. The molecule has 2 aromatic heterocycles. The Kier molecular flexibility index (Phi) is 6.06. The smallest absolute Gasteiger partial charge is 0.165 e. The number of nitrogen functional groups attached to an aromatic ring is 1. The van der Waals surface area contributed by atoms with Crippen LogP contribution in [0.4, 0.5) is 5.82 Å². The van der Waals surface area contributed by atoms with Crippen LogP contribution >= 0.6 is 0 Å². The number of aromatic nitrogens is 4. The Hall–Kier alpha value is -3.23. The van der Waals surface area contributed by atoms with Crippen molar-refractivity contribution in [3.05, 3.63) is 54.6 Å². The predicted octanol–water partition coefficient (Wildman–Crippen LogP) is 2.74. The maximum Gasteiger partial charge on any atom is 0.165 e. The average Bonchev–Trinajstić information content (AvgIpc) is 3.16. The van der Waals surface area contributed by atoms with Gasteiger partial charge in [-0.2, -0.15) is 0 Å². The summed E-state index contributed by atoms with van der Waals surface area (Å²) in [5, 5.41) is 2.29. The maximum atomic E-state index is 6.17. The molecular weight excluding hydrogens is 380 g/mol. The maximum absolute atomic E-state index is 6.17. The number of hydrogen-bond acceptors (Lipinski definition) is 7. The van der Waals surface area contributed by atoms with Crippen LogP contribution in [0.5, 0.6) is 5.75 Å². The Morgan fingerprint density at radius 3 is 2.70 bits per heavy atom. The molecule has 0 amide bonds. The van der Waals surface area contributed by atoms with E-state index in [0.717, 1.165) is 34.9 Å². The number of benzene rings is 2. The first kappa shape index (κ1) is 20.1. The zero-order valence-corrected chi connectivity index (χ0v) is 17.0. The van der Waals surface area contributed by atoms with Gasteiger partial charge in [0.25, 0.3) is 0 Å². The Bertz CT molecular complexity index is 1140. The molecule has 4 N–H and O–H groups in total. The number of anilines is 1. The van der Waals surface area contributed by atoms with Crippen LogP contribution < -0.4 is 16.2 Å². The van der Waals surface area contributed by atoms with E-state index in [1.165, 1.54) is 6.33 Å². The summed E-state index contributed by atoms with van der Waals surface area (Å²) in [6.07, 6.45) is 4.89. The molecule has 2 aromatic carbocycles. The molecule has 0 aliphatic carbocycles. The Labute approximate surface area is 174 Å². The fourth-order valence-electron chi connectivity index (χ4n) is 3.55. The Morgan fingerprint density at radius 1 is 1.10 bits per heavy atom. The predicted molar refractivity (Wildman–Crippen MR) is 117 cm³/mol. The number of nitrogens with two attached hydrogens (primary N) is 2. The number of imidazole rings is 1. The van der Waals surface area contributed by atoms with Gasteiger partial charge in [0.2, 0.25) is 0 Å². The van der Waals surface area contributed by atoms with E-state index in [1.54, 1.807) is 13.4 Å². The molecule has 1 unspecified atom stereocenters. The lowest BCUT2D eigenvalue weighted by Crippen LogP contribution is -2.25. The van der Waals surface area contributed by atoms with Crippen LogP contribution in [-0.2, 0) is 11.3 Å². The third-order valence-corrected chi connectivity index (χ3v) is 5.06. The van der Waals surface area contributed by atoms with Crippen molar-refractivity contribution in [3.63, 3.8) is 0 Å². The van der Waals surface area contributed by atoms with Crippen molar-refractivity contribution in [1.29, 1.82) is 0 Å². The number of nitrogens with zero attached hydrogens (tertiary/aromatic N) is 4. The standard InChI is InChI=1S/C22H26N6O2/c1-29-12-18(23)7-4-8-30-19-10-16-6-3-2-5-15(16)9-17(19)11-28-14-27-20-21(24)25-13-26-22(20)28/h2-3,5-6,9-10,13-14,18H,4,7-8,11-12,23H2,1H3,(H2,24,25,26). The highest BCUT2D eigenvalue weighted by atomic mass is 16.5. The molecule has 8 heteroatoms. The summed E-state index contributed by atoms with van der Waals surface area (Å²) in [5.74, 6) is 1.22. The Balaban J connectivity index is 1.59. The summed E-state index contributed by atoms with van der Waals surface area (Å²) in [6, 6.07) is 12.5. The van der Waals surface area contributed by atoms with Crippen molar-refractivity contribution >= 4 is 27.8 Å². The van der Waals surface area contributed by atoms with Gasteiger partial charge >= 0.3 is 0 Å². The minimum absolute atomic E-state index is 0.0251. The number of hydrogen-bond donors (Lipinski definition) is 2. The molecule has 0 spiro atoms. The van der Waals surface area contributed by atoms with Gasteiger partial charge < -0.3 is 25.5 Å². The fourth-order valence-corrected chi connectivity index (χ4v) is 3.55. The molecule has 0 aliphatic heterocycles. The molecule has 0 aliphatic rings.